The minimum absolute atomic E-state index is 0.0601. The lowest BCUT2D eigenvalue weighted by Crippen LogP contribution is -2.39. The summed E-state index contributed by atoms with van der Waals surface area (Å²) in [5, 5.41) is 0. The zero-order valence-corrected chi connectivity index (χ0v) is 16.1. The van der Waals surface area contributed by atoms with Gasteiger partial charge in [0.1, 0.15) is 5.82 Å². The van der Waals surface area contributed by atoms with Crippen LogP contribution in [0.3, 0.4) is 0 Å². The van der Waals surface area contributed by atoms with E-state index < -0.39 is 11.2 Å². The van der Waals surface area contributed by atoms with Crippen LogP contribution in [0.2, 0.25) is 0 Å². The molecule has 3 rings (SSSR count). The molecule has 9 heteroatoms. The van der Waals surface area contributed by atoms with Crippen molar-refractivity contribution in [2.45, 2.75) is 6.54 Å². The first-order chi connectivity index (χ1) is 12.4. The average Bonchev–Trinajstić information content (AvgIpc) is 3.05. The lowest BCUT2D eigenvalue weighted by atomic mass is 10.2. The van der Waals surface area contributed by atoms with E-state index in [1.165, 1.54) is 23.0 Å². The highest BCUT2D eigenvalue weighted by Gasteiger charge is 2.23. The molecule has 2 heterocycles. The Hall–Kier alpha value is -2.65. The third-order valence-corrected chi connectivity index (χ3v) is 5.43. The normalized spacial score (nSPS) is 10.7. The molecular weight excluding hydrogens is 420 g/mol. The fraction of sp³-hybridized carbons (Fsp3) is 0.118. The van der Waals surface area contributed by atoms with Gasteiger partial charge in [-0.3, -0.25) is 19.1 Å². The second-order valence-corrected chi connectivity index (χ2v) is 8.00. The number of aromatic nitrogens is 2. The third kappa shape index (κ3) is 3.49. The van der Waals surface area contributed by atoms with E-state index in [0.29, 0.717) is 4.88 Å². The first kappa shape index (κ1) is 18.2. The van der Waals surface area contributed by atoms with Crippen LogP contribution in [0.1, 0.15) is 15.2 Å². The fourth-order valence-corrected chi connectivity index (χ4v) is 3.88. The molecule has 0 bridgehead atoms. The third-order valence-electron chi connectivity index (χ3n) is 3.82. The number of aromatic amines is 1. The molecule has 0 atom stereocenters. The first-order valence-electron chi connectivity index (χ1n) is 7.58. The van der Waals surface area contributed by atoms with Crippen LogP contribution in [0, 0.1) is 0 Å². The topological polar surface area (TPSA) is 101 Å². The fourth-order valence-electron chi connectivity index (χ4n) is 2.52. The van der Waals surface area contributed by atoms with Gasteiger partial charge in [-0.1, -0.05) is 30.3 Å². The zero-order chi connectivity index (χ0) is 18.8. The molecule has 3 aromatic rings. The predicted molar refractivity (Wildman–Crippen MR) is 106 cm³/mol. The maximum absolute atomic E-state index is 12.6. The van der Waals surface area contributed by atoms with Crippen LogP contribution >= 0.6 is 27.3 Å². The number of nitrogens with two attached hydrogens (primary N) is 1. The van der Waals surface area contributed by atoms with Crippen molar-refractivity contribution in [2.24, 2.45) is 0 Å². The molecule has 1 aromatic carbocycles. The number of benzene rings is 1. The van der Waals surface area contributed by atoms with E-state index >= 15 is 0 Å². The number of nitrogens with zero attached hydrogens (tertiary/aromatic N) is 2. The van der Waals surface area contributed by atoms with Crippen LogP contribution < -0.4 is 21.9 Å². The number of rotatable bonds is 4. The van der Waals surface area contributed by atoms with Gasteiger partial charge < -0.3 is 10.6 Å². The number of halogens is 1. The van der Waals surface area contributed by atoms with Gasteiger partial charge >= 0.3 is 5.69 Å². The van der Waals surface area contributed by atoms with Crippen molar-refractivity contribution in [3.8, 4) is 0 Å². The SMILES string of the molecule is CN(C(=O)c1ccc(Br)s1)c1c(N)n(Cc2ccccc2)c(=O)[nH]c1=O. The summed E-state index contributed by atoms with van der Waals surface area (Å²) in [5.41, 5.74) is 5.55. The number of thiophene rings is 1. The Morgan fingerprint density at radius 1 is 1.23 bits per heavy atom. The zero-order valence-electron chi connectivity index (χ0n) is 13.7. The maximum Gasteiger partial charge on any atom is 0.330 e. The lowest BCUT2D eigenvalue weighted by Gasteiger charge is -2.20. The van der Waals surface area contributed by atoms with Gasteiger partial charge in [0, 0.05) is 7.05 Å². The van der Waals surface area contributed by atoms with Gasteiger partial charge in [-0.25, -0.2) is 4.79 Å². The Morgan fingerprint density at radius 3 is 2.54 bits per heavy atom. The molecule has 0 radical (unpaired) electrons. The van der Waals surface area contributed by atoms with Crippen molar-refractivity contribution in [2.75, 3.05) is 17.7 Å². The second kappa shape index (κ2) is 7.30. The molecule has 0 unspecified atom stereocenters. The van der Waals surface area contributed by atoms with Gasteiger partial charge in [-0.05, 0) is 33.6 Å². The molecule has 134 valence electrons. The number of hydrogen-bond acceptors (Lipinski definition) is 5. The van der Waals surface area contributed by atoms with Gasteiger partial charge in [0.05, 0.1) is 15.2 Å². The van der Waals surface area contributed by atoms with Gasteiger partial charge in [0.2, 0.25) is 0 Å². The quantitative estimate of drug-likeness (QED) is 0.657. The molecular formula is C17H15BrN4O3S. The number of H-pyrrole nitrogens is 1. The maximum atomic E-state index is 12.6. The number of nitrogens with one attached hydrogen (secondary N) is 1. The largest absolute Gasteiger partial charge is 0.383 e. The highest BCUT2D eigenvalue weighted by atomic mass is 79.9. The van der Waals surface area contributed by atoms with E-state index in [0.717, 1.165) is 14.2 Å². The molecule has 0 aliphatic rings. The van der Waals surface area contributed by atoms with Gasteiger partial charge in [-0.2, -0.15) is 0 Å². The van der Waals surface area contributed by atoms with Crippen molar-refractivity contribution in [3.63, 3.8) is 0 Å². The number of nitrogen functional groups attached to an aromatic ring is 1. The molecule has 26 heavy (non-hydrogen) atoms. The average molecular weight is 435 g/mol. The van der Waals surface area contributed by atoms with Crippen LogP contribution in [-0.4, -0.2) is 22.5 Å². The van der Waals surface area contributed by atoms with E-state index in [2.05, 4.69) is 20.9 Å². The van der Waals surface area contributed by atoms with Crippen LogP contribution in [0.25, 0.3) is 0 Å². The highest BCUT2D eigenvalue weighted by Crippen LogP contribution is 2.25. The van der Waals surface area contributed by atoms with Gasteiger partial charge in [0.15, 0.2) is 5.69 Å². The van der Waals surface area contributed by atoms with Crippen LogP contribution in [0.4, 0.5) is 11.5 Å². The molecule has 3 N–H and O–H groups in total. The lowest BCUT2D eigenvalue weighted by molar-refractivity contribution is 0.0996. The molecule has 0 fully saturated rings. The molecule has 0 aliphatic heterocycles. The minimum atomic E-state index is -0.705. The van der Waals surface area contributed by atoms with Crippen LogP contribution in [0.15, 0.2) is 55.8 Å². The molecule has 0 saturated carbocycles. The summed E-state index contributed by atoms with van der Waals surface area (Å²) in [6.07, 6.45) is 0. The number of carbonyl (C=O) groups excluding carboxylic acids is 1. The standard InChI is InChI=1S/C17H15BrN4O3S/c1-21(16(24)11-7-8-12(18)26-11)13-14(19)22(17(25)20-15(13)23)9-10-5-3-2-4-6-10/h2-8H,9,19H2,1H3,(H,20,23,25). The number of hydrogen-bond donors (Lipinski definition) is 2. The van der Waals surface area contributed by atoms with Crippen molar-refractivity contribution >= 4 is 44.7 Å². The summed E-state index contributed by atoms with van der Waals surface area (Å²) >= 11 is 4.55. The summed E-state index contributed by atoms with van der Waals surface area (Å²) in [5.74, 6) is -0.447. The predicted octanol–water partition coefficient (Wildman–Crippen LogP) is 2.27. The monoisotopic (exact) mass is 434 g/mol. The Bertz CT molecular complexity index is 1070. The summed E-state index contributed by atoms with van der Waals surface area (Å²) in [6, 6.07) is 12.6. The van der Waals surface area contributed by atoms with Crippen LogP contribution in [-0.2, 0) is 6.54 Å². The summed E-state index contributed by atoms with van der Waals surface area (Å²) in [7, 11) is 1.45. The van der Waals surface area contributed by atoms with E-state index in [-0.39, 0.29) is 24.0 Å². The Kier molecular flexibility index (Phi) is 5.10. The Balaban J connectivity index is 2.04. The Labute approximate surface area is 160 Å². The smallest absolute Gasteiger partial charge is 0.330 e. The second-order valence-electron chi connectivity index (χ2n) is 5.53. The highest BCUT2D eigenvalue weighted by molar-refractivity contribution is 9.11. The van der Waals surface area contributed by atoms with Crippen LogP contribution in [0.5, 0.6) is 0 Å². The van der Waals surface area contributed by atoms with Gasteiger partial charge in [0.25, 0.3) is 11.5 Å². The van der Waals surface area contributed by atoms with Crippen molar-refractivity contribution in [3.05, 3.63) is 77.5 Å². The van der Waals surface area contributed by atoms with Crippen molar-refractivity contribution in [1.29, 1.82) is 0 Å². The number of anilines is 2. The van der Waals surface area contributed by atoms with E-state index in [9.17, 15) is 14.4 Å². The van der Waals surface area contributed by atoms with Crippen molar-refractivity contribution < 1.29 is 4.79 Å². The van der Waals surface area contributed by atoms with Gasteiger partial charge in [-0.15, -0.1) is 11.3 Å². The van der Waals surface area contributed by atoms with Crippen molar-refractivity contribution in [1.82, 2.24) is 9.55 Å². The summed E-state index contributed by atoms with van der Waals surface area (Å²) in [6.45, 7) is 0.182. The number of carbonyl (C=O) groups is 1. The molecule has 2 aromatic heterocycles. The molecule has 0 saturated heterocycles. The summed E-state index contributed by atoms with van der Waals surface area (Å²) in [4.78, 5) is 41.0. The molecule has 0 aliphatic carbocycles. The molecule has 1 amide bonds. The molecule has 0 spiro atoms. The van der Waals surface area contributed by atoms with E-state index in [1.54, 1.807) is 12.1 Å². The summed E-state index contributed by atoms with van der Waals surface area (Å²) < 4.78 is 2.03. The Morgan fingerprint density at radius 2 is 1.92 bits per heavy atom. The number of amides is 1. The van der Waals surface area contributed by atoms with E-state index in [4.69, 9.17) is 5.73 Å². The first-order valence-corrected chi connectivity index (χ1v) is 9.19. The molecule has 7 nitrogen and oxygen atoms in total. The van der Waals surface area contributed by atoms with E-state index in [1.807, 2.05) is 30.3 Å². The minimum Gasteiger partial charge on any atom is -0.383 e.